The number of nitrogens with two attached hydrogens (primary N) is 1. The predicted octanol–water partition coefficient (Wildman–Crippen LogP) is 0.286. The van der Waals surface area contributed by atoms with Gasteiger partial charge in [-0.1, -0.05) is 0 Å². The molecule has 1 amide bonds. The van der Waals surface area contributed by atoms with Crippen LogP contribution in [0.4, 0.5) is 5.82 Å². The third-order valence-corrected chi connectivity index (χ3v) is 3.22. The van der Waals surface area contributed by atoms with Gasteiger partial charge in [-0.15, -0.1) is 0 Å². The highest BCUT2D eigenvalue weighted by molar-refractivity contribution is 5.94. The maximum Gasteiger partial charge on any atom is 0.269 e. The summed E-state index contributed by atoms with van der Waals surface area (Å²) in [6.07, 6.45) is 1.62. The minimum Gasteiger partial charge on any atom is -0.383 e. The minimum absolute atomic E-state index is 0.0704. The lowest BCUT2D eigenvalue weighted by molar-refractivity contribution is 0.0832. The van der Waals surface area contributed by atoms with Gasteiger partial charge in [0.25, 0.3) is 5.91 Å². The van der Waals surface area contributed by atoms with E-state index in [2.05, 4.69) is 15.4 Å². The highest BCUT2D eigenvalue weighted by Gasteiger charge is 2.26. The molecule has 2 aromatic rings. The van der Waals surface area contributed by atoms with E-state index in [4.69, 9.17) is 10.5 Å². The molecule has 1 atom stereocenters. The maximum atomic E-state index is 12.0. The van der Waals surface area contributed by atoms with Gasteiger partial charge in [-0.05, 0) is 18.2 Å². The number of amides is 1. The predicted molar refractivity (Wildman–Crippen MR) is 73.0 cm³/mol. The number of methoxy groups -OCH3 is 1. The van der Waals surface area contributed by atoms with E-state index in [9.17, 15) is 4.79 Å². The number of carbonyl (C=O) groups excluding carboxylic acids is 1. The van der Waals surface area contributed by atoms with Gasteiger partial charge in [-0.2, -0.15) is 5.10 Å². The van der Waals surface area contributed by atoms with Crippen molar-refractivity contribution in [2.45, 2.75) is 12.6 Å². The van der Waals surface area contributed by atoms with Gasteiger partial charge in [0.15, 0.2) is 0 Å². The summed E-state index contributed by atoms with van der Waals surface area (Å²) in [5.41, 5.74) is 7.74. The molecule has 0 saturated carbocycles. The third kappa shape index (κ3) is 2.12. The van der Waals surface area contributed by atoms with E-state index in [0.29, 0.717) is 30.4 Å². The van der Waals surface area contributed by atoms with E-state index in [1.807, 2.05) is 6.07 Å². The van der Waals surface area contributed by atoms with Crippen LogP contribution in [0.2, 0.25) is 0 Å². The summed E-state index contributed by atoms with van der Waals surface area (Å²) in [6, 6.07) is 5.28. The average Bonchev–Trinajstić information content (AvgIpc) is 2.84. The van der Waals surface area contributed by atoms with Crippen LogP contribution in [0.15, 0.2) is 24.4 Å². The minimum atomic E-state index is -0.153. The lowest BCUT2D eigenvalue weighted by Gasteiger charge is -2.23. The fourth-order valence-electron chi connectivity index (χ4n) is 2.31. The van der Waals surface area contributed by atoms with Crippen molar-refractivity contribution in [1.82, 2.24) is 20.1 Å². The summed E-state index contributed by atoms with van der Waals surface area (Å²) in [7, 11) is 1.60. The van der Waals surface area contributed by atoms with Gasteiger partial charge in [-0.25, -0.2) is 4.98 Å². The summed E-state index contributed by atoms with van der Waals surface area (Å²) in [6.45, 7) is 1.03. The molecule has 1 aliphatic heterocycles. The molecule has 1 unspecified atom stereocenters. The molecule has 104 valence electrons. The molecule has 0 radical (unpaired) electrons. The molecule has 20 heavy (non-hydrogen) atoms. The Labute approximate surface area is 115 Å². The van der Waals surface area contributed by atoms with Crippen molar-refractivity contribution in [3.8, 4) is 11.3 Å². The second-order valence-electron chi connectivity index (χ2n) is 4.66. The number of nitrogens with one attached hydrogen (secondary N) is 1. The maximum absolute atomic E-state index is 12.0. The molecule has 3 rings (SSSR count). The first-order chi connectivity index (χ1) is 9.69. The summed E-state index contributed by atoms with van der Waals surface area (Å²) >= 11 is 0. The molecule has 0 bridgehead atoms. The fraction of sp³-hybridized carbons (Fsp3) is 0.308. The second-order valence-corrected chi connectivity index (χ2v) is 4.66. The lowest BCUT2D eigenvalue weighted by Crippen LogP contribution is -2.46. The van der Waals surface area contributed by atoms with Crippen molar-refractivity contribution in [2.75, 3.05) is 19.5 Å². The number of hydrogen-bond donors (Lipinski definition) is 2. The number of ether oxygens (including phenoxy) is 1. The number of rotatable bonds is 3. The van der Waals surface area contributed by atoms with Crippen LogP contribution < -0.4 is 11.1 Å². The Hall–Kier alpha value is -2.41. The molecule has 0 saturated heterocycles. The molecule has 0 fully saturated rings. The number of carbonyl (C=O) groups is 1. The number of anilines is 1. The van der Waals surface area contributed by atoms with E-state index < -0.39 is 0 Å². The van der Waals surface area contributed by atoms with Crippen LogP contribution in [0.5, 0.6) is 0 Å². The molecule has 2 aromatic heterocycles. The number of hydrogen-bond acceptors (Lipinski definition) is 5. The van der Waals surface area contributed by atoms with Crippen molar-refractivity contribution in [1.29, 1.82) is 0 Å². The topological polar surface area (TPSA) is 95.1 Å². The lowest BCUT2D eigenvalue weighted by atomic mass is 10.1. The van der Waals surface area contributed by atoms with Crippen molar-refractivity contribution in [3.63, 3.8) is 0 Å². The molecule has 3 N–H and O–H groups in total. The Balaban J connectivity index is 1.97. The third-order valence-electron chi connectivity index (χ3n) is 3.22. The Kier molecular flexibility index (Phi) is 3.11. The molecular formula is C13H15N5O2. The highest BCUT2D eigenvalue weighted by atomic mass is 16.5. The van der Waals surface area contributed by atoms with Crippen LogP contribution in [-0.2, 0) is 11.3 Å². The SMILES string of the molecule is COCC1Cn2nc(-c3cccnc3N)cc2C(=O)N1. The van der Waals surface area contributed by atoms with Crippen molar-refractivity contribution in [3.05, 3.63) is 30.1 Å². The molecule has 7 heteroatoms. The van der Waals surface area contributed by atoms with E-state index in [0.717, 1.165) is 5.56 Å². The molecule has 1 aliphatic rings. The van der Waals surface area contributed by atoms with E-state index in [1.165, 1.54) is 0 Å². The first kappa shape index (κ1) is 12.6. The van der Waals surface area contributed by atoms with Crippen molar-refractivity contribution in [2.24, 2.45) is 0 Å². The Morgan fingerprint density at radius 1 is 1.60 bits per heavy atom. The van der Waals surface area contributed by atoms with Gasteiger partial charge in [-0.3, -0.25) is 9.48 Å². The number of pyridine rings is 1. The first-order valence-corrected chi connectivity index (χ1v) is 6.27. The summed E-state index contributed by atoms with van der Waals surface area (Å²) in [5.74, 6) is 0.247. The van der Waals surface area contributed by atoms with Crippen LogP contribution in [-0.4, -0.2) is 40.4 Å². The highest BCUT2D eigenvalue weighted by Crippen LogP contribution is 2.24. The zero-order chi connectivity index (χ0) is 14.1. The number of nitrogens with zero attached hydrogens (tertiary/aromatic N) is 3. The van der Waals surface area contributed by atoms with Gasteiger partial charge >= 0.3 is 0 Å². The van der Waals surface area contributed by atoms with Crippen LogP contribution in [0.25, 0.3) is 11.3 Å². The van der Waals surface area contributed by atoms with E-state index in [1.54, 1.807) is 30.1 Å². The molecular weight excluding hydrogens is 258 g/mol. The number of nitrogen functional groups attached to an aromatic ring is 1. The quantitative estimate of drug-likeness (QED) is 0.838. The van der Waals surface area contributed by atoms with Gasteiger partial charge < -0.3 is 15.8 Å². The average molecular weight is 273 g/mol. The fourth-order valence-corrected chi connectivity index (χ4v) is 2.31. The molecule has 0 aromatic carbocycles. The number of fused-ring (bicyclic) bond motifs is 1. The Morgan fingerprint density at radius 3 is 3.20 bits per heavy atom. The number of aromatic nitrogens is 3. The summed E-state index contributed by atoms with van der Waals surface area (Å²) in [4.78, 5) is 16.1. The van der Waals surface area contributed by atoms with Crippen LogP contribution in [0.3, 0.4) is 0 Å². The Morgan fingerprint density at radius 2 is 2.45 bits per heavy atom. The van der Waals surface area contributed by atoms with Gasteiger partial charge in [0.1, 0.15) is 11.5 Å². The first-order valence-electron chi connectivity index (χ1n) is 6.27. The van der Waals surface area contributed by atoms with Gasteiger partial charge in [0.2, 0.25) is 0 Å². The van der Waals surface area contributed by atoms with Crippen LogP contribution in [0.1, 0.15) is 10.5 Å². The van der Waals surface area contributed by atoms with Crippen molar-refractivity contribution >= 4 is 11.7 Å². The van der Waals surface area contributed by atoms with E-state index in [-0.39, 0.29) is 11.9 Å². The second kappa shape index (κ2) is 4.93. The molecule has 7 nitrogen and oxygen atoms in total. The smallest absolute Gasteiger partial charge is 0.269 e. The standard InChI is InChI=1S/C13H15N5O2/c1-20-7-8-6-18-11(13(19)16-8)5-10(17-18)9-3-2-4-15-12(9)14/h2-5,8H,6-7H2,1H3,(H2,14,15)(H,16,19). The van der Waals surface area contributed by atoms with Gasteiger partial charge in [0.05, 0.1) is 24.9 Å². The van der Waals surface area contributed by atoms with Gasteiger partial charge in [0, 0.05) is 18.9 Å². The van der Waals surface area contributed by atoms with Crippen molar-refractivity contribution < 1.29 is 9.53 Å². The van der Waals surface area contributed by atoms with E-state index >= 15 is 0 Å². The summed E-state index contributed by atoms with van der Waals surface area (Å²) < 4.78 is 6.75. The largest absolute Gasteiger partial charge is 0.383 e. The van der Waals surface area contributed by atoms with Crippen LogP contribution in [0, 0.1) is 0 Å². The zero-order valence-corrected chi connectivity index (χ0v) is 11.0. The zero-order valence-electron chi connectivity index (χ0n) is 11.0. The normalized spacial score (nSPS) is 17.6. The summed E-state index contributed by atoms with van der Waals surface area (Å²) in [5, 5.41) is 7.33. The molecule has 3 heterocycles. The van der Waals surface area contributed by atoms with Crippen LogP contribution >= 0.6 is 0 Å². The Bertz CT molecular complexity index is 652. The molecule has 0 spiro atoms. The monoisotopic (exact) mass is 273 g/mol. The molecule has 0 aliphatic carbocycles.